The molecule has 1 aromatic carbocycles. The van der Waals surface area contributed by atoms with E-state index < -0.39 is 0 Å². The molecule has 1 atom stereocenters. The number of carbonyl (C=O) groups is 2. The van der Waals surface area contributed by atoms with Crippen LogP contribution in [0.25, 0.3) is 0 Å². The molecule has 0 aliphatic carbocycles. The van der Waals surface area contributed by atoms with Gasteiger partial charge < -0.3 is 5.73 Å². The van der Waals surface area contributed by atoms with Crippen molar-refractivity contribution >= 4 is 40.6 Å². The summed E-state index contributed by atoms with van der Waals surface area (Å²) in [5.41, 5.74) is 6.10. The van der Waals surface area contributed by atoms with Gasteiger partial charge in [0.1, 0.15) is 0 Å². The zero-order valence-corrected chi connectivity index (χ0v) is 11.2. The molecule has 4 nitrogen and oxygen atoms in total. The average Bonchev–Trinajstić information content (AvgIpc) is 2.55. The van der Waals surface area contributed by atoms with E-state index in [4.69, 9.17) is 29.6 Å². The molecule has 0 fully saturated rings. The summed E-state index contributed by atoms with van der Waals surface area (Å²) < 4.78 is 0. The third-order valence-electron chi connectivity index (χ3n) is 2.89. The number of rotatable bonds is 3. The predicted molar refractivity (Wildman–Crippen MR) is 72.8 cm³/mol. The first kappa shape index (κ1) is 13.0. The monoisotopic (exact) mass is 282 g/mol. The van der Waals surface area contributed by atoms with E-state index in [9.17, 15) is 9.59 Å². The van der Waals surface area contributed by atoms with E-state index in [0.29, 0.717) is 5.56 Å². The second-order valence-corrected chi connectivity index (χ2v) is 5.07. The lowest BCUT2D eigenvalue weighted by Gasteiger charge is -2.18. The summed E-state index contributed by atoms with van der Waals surface area (Å²) in [6.45, 7) is 1.95. The van der Waals surface area contributed by atoms with Gasteiger partial charge >= 0.3 is 0 Å². The quantitative estimate of drug-likeness (QED) is 0.679. The number of nitrogens with zero attached hydrogens (tertiary/aromatic N) is 1. The summed E-state index contributed by atoms with van der Waals surface area (Å²) >= 11 is 10.8. The van der Waals surface area contributed by atoms with Crippen molar-refractivity contribution in [2.24, 2.45) is 11.7 Å². The minimum Gasteiger partial charge on any atom is -0.393 e. The van der Waals surface area contributed by atoms with Crippen molar-refractivity contribution in [2.75, 3.05) is 6.54 Å². The van der Waals surface area contributed by atoms with Crippen molar-refractivity contribution in [1.82, 2.24) is 4.90 Å². The van der Waals surface area contributed by atoms with Gasteiger partial charge in [-0.2, -0.15) is 0 Å². The summed E-state index contributed by atoms with van der Waals surface area (Å²) in [6.07, 6.45) is 0. The van der Waals surface area contributed by atoms with Gasteiger partial charge in [0.2, 0.25) is 0 Å². The number of hydrogen-bond donors (Lipinski definition) is 1. The molecule has 1 aliphatic rings. The highest BCUT2D eigenvalue weighted by atomic mass is 35.5. The topological polar surface area (TPSA) is 63.4 Å². The third-order valence-corrected chi connectivity index (χ3v) is 3.61. The number of carbonyl (C=O) groups excluding carboxylic acids is 2. The molecule has 2 amide bonds. The molecule has 1 unspecified atom stereocenters. The molecule has 1 aromatic rings. The normalized spacial score (nSPS) is 15.8. The van der Waals surface area contributed by atoms with Crippen molar-refractivity contribution in [3.8, 4) is 0 Å². The highest BCUT2D eigenvalue weighted by molar-refractivity contribution is 7.80. The lowest BCUT2D eigenvalue weighted by molar-refractivity contribution is 0.0645. The van der Waals surface area contributed by atoms with Gasteiger partial charge in [-0.3, -0.25) is 14.5 Å². The van der Waals surface area contributed by atoms with Gasteiger partial charge in [0, 0.05) is 12.5 Å². The predicted octanol–water partition coefficient (Wildman–Crippen LogP) is 1.86. The maximum Gasteiger partial charge on any atom is 0.263 e. The summed E-state index contributed by atoms with van der Waals surface area (Å²) in [4.78, 5) is 25.6. The lowest BCUT2D eigenvalue weighted by Crippen LogP contribution is -2.37. The smallest absolute Gasteiger partial charge is 0.263 e. The number of thiocarbonyl (C=S) groups is 1. The van der Waals surface area contributed by atoms with E-state index in [2.05, 4.69) is 0 Å². The van der Waals surface area contributed by atoms with Crippen LogP contribution >= 0.6 is 23.8 Å². The van der Waals surface area contributed by atoms with Gasteiger partial charge in [0.15, 0.2) is 0 Å². The number of hydrogen-bond acceptors (Lipinski definition) is 3. The van der Waals surface area contributed by atoms with Crippen molar-refractivity contribution in [1.29, 1.82) is 0 Å². The molecule has 0 aromatic heterocycles. The maximum absolute atomic E-state index is 12.1. The Morgan fingerprint density at radius 2 is 2.11 bits per heavy atom. The maximum atomic E-state index is 12.1. The van der Waals surface area contributed by atoms with Crippen LogP contribution in [-0.2, 0) is 0 Å². The highest BCUT2D eigenvalue weighted by Crippen LogP contribution is 2.29. The molecule has 0 spiro atoms. The number of nitrogens with two attached hydrogens (primary N) is 1. The van der Waals surface area contributed by atoms with E-state index in [1.807, 2.05) is 0 Å². The Hall–Kier alpha value is -1.46. The van der Waals surface area contributed by atoms with Gasteiger partial charge in [-0.25, -0.2) is 0 Å². The van der Waals surface area contributed by atoms with Gasteiger partial charge in [-0.1, -0.05) is 36.8 Å². The molecular weight excluding hydrogens is 272 g/mol. The number of benzene rings is 1. The first-order valence-electron chi connectivity index (χ1n) is 5.37. The standard InChI is InChI=1S/C12H11ClN2O2S/c1-6(10(14)18)5-15-11(16)7-3-2-4-8(13)9(7)12(15)17/h2-4,6H,5H2,1H3,(H2,14,18). The fourth-order valence-electron chi connectivity index (χ4n) is 1.82. The zero-order chi connectivity index (χ0) is 13.4. The Bertz CT molecular complexity index is 559. The van der Waals surface area contributed by atoms with E-state index in [1.165, 1.54) is 0 Å². The van der Waals surface area contributed by atoms with Crippen molar-refractivity contribution < 1.29 is 9.59 Å². The minimum atomic E-state index is -0.385. The molecule has 0 radical (unpaired) electrons. The van der Waals surface area contributed by atoms with Crippen LogP contribution in [0.15, 0.2) is 18.2 Å². The molecule has 0 bridgehead atoms. The molecule has 6 heteroatoms. The van der Waals surface area contributed by atoms with Gasteiger partial charge in [0.25, 0.3) is 11.8 Å². The van der Waals surface area contributed by atoms with Crippen molar-refractivity contribution in [2.45, 2.75) is 6.92 Å². The number of amides is 2. The highest BCUT2D eigenvalue weighted by Gasteiger charge is 2.37. The summed E-state index contributed by atoms with van der Waals surface area (Å²) in [7, 11) is 0. The first-order chi connectivity index (χ1) is 8.43. The van der Waals surface area contributed by atoms with E-state index in [0.717, 1.165) is 4.90 Å². The molecule has 0 saturated carbocycles. The largest absolute Gasteiger partial charge is 0.393 e. The second kappa shape index (κ2) is 4.66. The molecular formula is C12H11ClN2O2S. The van der Waals surface area contributed by atoms with Crippen LogP contribution in [0.5, 0.6) is 0 Å². The Morgan fingerprint density at radius 3 is 2.67 bits per heavy atom. The first-order valence-corrected chi connectivity index (χ1v) is 6.16. The zero-order valence-electron chi connectivity index (χ0n) is 9.64. The Kier molecular flexibility index (Phi) is 3.36. The van der Waals surface area contributed by atoms with Gasteiger partial charge in [-0.15, -0.1) is 0 Å². The number of halogens is 1. The fourth-order valence-corrected chi connectivity index (χ4v) is 2.15. The van der Waals surface area contributed by atoms with Gasteiger partial charge in [0.05, 0.1) is 21.1 Å². The lowest BCUT2D eigenvalue weighted by atomic mass is 10.1. The number of imide groups is 1. The Labute approximate surface area is 115 Å². The molecule has 0 saturated heterocycles. The van der Waals surface area contributed by atoms with Crippen LogP contribution in [0.1, 0.15) is 27.6 Å². The fraction of sp³-hybridized carbons (Fsp3) is 0.250. The average molecular weight is 283 g/mol. The van der Waals surface area contributed by atoms with Gasteiger partial charge in [-0.05, 0) is 12.1 Å². The summed E-state index contributed by atoms with van der Waals surface area (Å²) in [5, 5.41) is 0.288. The Balaban J connectivity index is 2.35. The van der Waals surface area contributed by atoms with Crippen LogP contribution in [0.2, 0.25) is 5.02 Å². The van der Waals surface area contributed by atoms with Crippen LogP contribution in [0.4, 0.5) is 0 Å². The minimum absolute atomic E-state index is 0.179. The van der Waals surface area contributed by atoms with Crippen LogP contribution in [0, 0.1) is 5.92 Å². The van der Waals surface area contributed by atoms with Crippen molar-refractivity contribution in [3.05, 3.63) is 34.3 Å². The van der Waals surface area contributed by atoms with Crippen LogP contribution in [-0.4, -0.2) is 28.2 Å². The SMILES string of the molecule is CC(CN1C(=O)c2cccc(Cl)c2C1=O)C(N)=S. The summed E-state index contributed by atoms with van der Waals surface area (Å²) in [5.74, 6) is -0.953. The summed E-state index contributed by atoms with van der Waals surface area (Å²) in [6, 6.07) is 4.83. The van der Waals surface area contributed by atoms with E-state index in [-0.39, 0.29) is 39.9 Å². The van der Waals surface area contributed by atoms with Crippen LogP contribution in [0.3, 0.4) is 0 Å². The van der Waals surface area contributed by atoms with E-state index >= 15 is 0 Å². The Morgan fingerprint density at radius 1 is 1.44 bits per heavy atom. The third kappa shape index (κ3) is 2.00. The molecule has 2 rings (SSSR count). The van der Waals surface area contributed by atoms with Crippen LogP contribution < -0.4 is 5.73 Å². The van der Waals surface area contributed by atoms with E-state index in [1.54, 1.807) is 25.1 Å². The molecule has 2 N–H and O–H groups in total. The van der Waals surface area contributed by atoms with Crippen molar-refractivity contribution in [3.63, 3.8) is 0 Å². The molecule has 18 heavy (non-hydrogen) atoms. The second-order valence-electron chi connectivity index (χ2n) is 4.19. The molecule has 1 heterocycles. The number of fused-ring (bicyclic) bond motifs is 1. The molecule has 94 valence electrons. The molecule has 1 aliphatic heterocycles.